The van der Waals surface area contributed by atoms with E-state index in [0.717, 1.165) is 24.8 Å². The number of esters is 1. The van der Waals surface area contributed by atoms with Crippen molar-refractivity contribution in [3.63, 3.8) is 0 Å². The Kier molecular flexibility index (Phi) is 6.46. The molecule has 0 radical (unpaired) electrons. The van der Waals surface area contributed by atoms with Crippen LogP contribution in [0.4, 0.5) is 0 Å². The molecule has 1 N–H and O–H groups in total. The summed E-state index contributed by atoms with van der Waals surface area (Å²) in [6, 6.07) is 0. The number of fused-ring (bicyclic) bond motifs is 1. The first-order chi connectivity index (χ1) is 12.3. The Hall–Kier alpha value is -2.30. The second-order valence-electron chi connectivity index (χ2n) is 7.07. The molecule has 0 saturated heterocycles. The molecule has 1 aliphatic rings. The van der Waals surface area contributed by atoms with Crippen LogP contribution in [0.2, 0.25) is 0 Å². The van der Waals surface area contributed by atoms with Gasteiger partial charge in [-0.05, 0) is 52.0 Å². The average Bonchev–Trinajstić information content (AvgIpc) is 2.98. The number of carbonyl (C=O) groups is 2. The third-order valence-electron chi connectivity index (χ3n) is 5.20. The van der Waals surface area contributed by atoms with Gasteiger partial charge < -0.3 is 14.6 Å². The van der Waals surface area contributed by atoms with Crippen LogP contribution in [0.15, 0.2) is 11.6 Å². The number of ketones is 1. The van der Waals surface area contributed by atoms with Gasteiger partial charge in [0.15, 0.2) is 0 Å². The van der Waals surface area contributed by atoms with Crippen molar-refractivity contribution in [2.75, 3.05) is 7.11 Å². The van der Waals surface area contributed by atoms with Gasteiger partial charge in [0, 0.05) is 17.0 Å². The molecule has 1 heterocycles. The quantitative estimate of drug-likeness (QED) is 0.554. The van der Waals surface area contributed by atoms with Crippen molar-refractivity contribution in [1.29, 1.82) is 0 Å². The van der Waals surface area contributed by atoms with Gasteiger partial charge in [-0.1, -0.05) is 18.6 Å². The van der Waals surface area contributed by atoms with Crippen LogP contribution in [0.3, 0.4) is 0 Å². The summed E-state index contributed by atoms with van der Waals surface area (Å²) in [4.78, 5) is 23.2. The molecule has 26 heavy (non-hydrogen) atoms. The van der Waals surface area contributed by atoms with Gasteiger partial charge >= 0.3 is 5.97 Å². The fraction of sp³-hybridized carbons (Fsp3) is 0.524. The fourth-order valence-corrected chi connectivity index (χ4v) is 3.30. The Bertz CT molecular complexity index is 746. The van der Waals surface area contributed by atoms with E-state index in [9.17, 15) is 14.7 Å². The molecular formula is C21H28O5. The third-order valence-corrected chi connectivity index (χ3v) is 5.20. The van der Waals surface area contributed by atoms with Gasteiger partial charge in [-0.15, -0.1) is 0 Å². The molecule has 5 heteroatoms. The molecule has 0 unspecified atom stereocenters. The maximum absolute atomic E-state index is 11.9. The highest BCUT2D eigenvalue weighted by Gasteiger charge is 2.31. The van der Waals surface area contributed by atoms with Crippen molar-refractivity contribution in [1.82, 2.24) is 0 Å². The Morgan fingerprint density at radius 1 is 1.38 bits per heavy atom. The summed E-state index contributed by atoms with van der Waals surface area (Å²) in [6.45, 7) is 7.67. The van der Waals surface area contributed by atoms with Crippen molar-refractivity contribution >= 4 is 11.8 Å². The predicted molar refractivity (Wildman–Crippen MR) is 99.7 cm³/mol. The van der Waals surface area contributed by atoms with Gasteiger partial charge in [0.2, 0.25) is 0 Å². The molecule has 5 nitrogen and oxygen atoms in total. The smallest absolute Gasteiger partial charge is 0.342 e. The molecule has 142 valence electrons. The van der Waals surface area contributed by atoms with Gasteiger partial charge in [-0.25, -0.2) is 4.79 Å². The first kappa shape index (κ1) is 20.0. The van der Waals surface area contributed by atoms with Crippen LogP contribution in [0.5, 0.6) is 11.5 Å². The maximum Gasteiger partial charge on any atom is 0.342 e. The highest BCUT2D eigenvalue weighted by molar-refractivity contribution is 5.98. The normalized spacial score (nSPS) is 14.8. The first-order valence-electron chi connectivity index (χ1n) is 9.02. The first-order valence-corrected chi connectivity index (χ1v) is 9.02. The molecular weight excluding hydrogens is 332 g/mol. The Balaban J connectivity index is 2.16. The number of cyclic esters (lactones) is 1. The number of benzene rings is 1. The molecule has 0 saturated carbocycles. The molecule has 0 spiro atoms. The van der Waals surface area contributed by atoms with Crippen LogP contribution in [-0.2, 0) is 22.6 Å². The summed E-state index contributed by atoms with van der Waals surface area (Å²) in [6.07, 6.45) is 5.24. The molecule has 0 bridgehead atoms. The zero-order valence-corrected chi connectivity index (χ0v) is 16.3. The Morgan fingerprint density at radius 3 is 2.69 bits per heavy atom. The standard InChI is InChI=1S/C21H28O5/c1-12(7-6-8-13(2)15(4)22)9-10-16-19(23)18-17(11-26-21(18)24)14(3)20(16)25-5/h9,13,23H,6-8,10-11H2,1-5H3/b12-9+/t13-/m0/s1. The number of methoxy groups -OCH3 is 1. The van der Waals surface area contributed by atoms with Gasteiger partial charge in [0.1, 0.15) is 29.5 Å². The number of phenolic OH excluding ortho intramolecular Hbond substituents is 1. The molecule has 0 aliphatic carbocycles. The number of phenols is 1. The topological polar surface area (TPSA) is 72.8 Å². The number of allylic oxidation sites excluding steroid dienone is 2. The van der Waals surface area contributed by atoms with E-state index < -0.39 is 5.97 Å². The molecule has 0 aromatic heterocycles. The van der Waals surface area contributed by atoms with Crippen LogP contribution < -0.4 is 4.74 Å². The molecule has 0 amide bonds. The van der Waals surface area contributed by atoms with Gasteiger partial charge in [-0.3, -0.25) is 4.79 Å². The second-order valence-corrected chi connectivity index (χ2v) is 7.07. The minimum atomic E-state index is -0.483. The molecule has 0 fully saturated rings. The van der Waals surface area contributed by atoms with Crippen molar-refractivity contribution in [3.8, 4) is 11.5 Å². The van der Waals surface area contributed by atoms with Crippen LogP contribution in [-0.4, -0.2) is 24.0 Å². The number of rotatable bonds is 8. The minimum absolute atomic E-state index is 0.0424. The maximum atomic E-state index is 11.9. The van der Waals surface area contributed by atoms with E-state index >= 15 is 0 Å². The summed E-state index contributed by atoms with van der Waals surface area (Å²) in [5.41, 5.74) is 3.59. The molecule has 2 rings (SSSR count). The number of hydrogen-bond donors (Lipinski definition) is 1. The zero-order valence-electron chi connectivity index (χ0n) is 16.3. The van der Waals surface area contributed by atoms with E-state index in [0.29, 0.717) is 23.3 Å². The van der Waals surface area contributed by atoms with Crippen LogP contribution in [0, 0.1) is 12.8 Å². The summed E-state index contributed by atoms with van der Waals surface area (Å²) < 4.78 is 10.6. The van der Waals surface area contributed by atoms with E-state index in [4.69, 9.17) is 9.47 Å². The van der Waals surface area contributed by atoms with Crippen molar-refractivity contribution in [2.24, 2.45) is 5.92 Å². The largest absolute Gasteiger partial charge is 0.507 e. The van der Waals surface area contributed by atoms with E-state index in [1.54, 1.807) is 14.0 Å². The van der Waals surface area contributed by atoms with E-state index in [1.165, 1.54) is 5.57 Å². The molecule has 1 aromatic carbocycles. The highest BCUT2D eigenvalue weighted by atomic mass is 16.5. The monoisotopic (exact) mass is 360 g/mol. The third kappa shape index (κ3) is 4.09. The number of hydrogen-bond acceptors (Lipinski definition) is 5. The Labute approximate surface area is 155 Å². The lowest BCUT2D eigenvalue weighted by Crippen LogP contribution is -2.05. The van der Waals surface area contributed by atoms with Crippen LogP contribution in [0.1, 0.15) is 67.1 Å². The lowest BCUT2D eigenvalue weighted by Gasteiger charge is -2.15. The van der Waals surface area contributed by atoms with Crippen LogP contribution >= 0.6 is 0 Å². The van der Waals surface area contributed by atoms with Gasteiger partial charge in [0.25, 0.3) is 0 Å². The summed E-state index contributed by atoms with van der Waals surface area (Å²) in [5, 5.41) is 10.6. The highest BCUT2D eigenvalue weighted by Crippen LogP contribution is 2.42. The molecule has 1 aromatic rings. The lowest BCUT2D eigenvalue weighted by molar-refractivity contribution is -0.120. The predicted octanol–water partition coefficient (Wildman–Crippen LogP) is 4.26. The van der Waals surface area contributed by atoms with Crippen LogP contribution in [0.25, 0.3) is 0 Å². The van der Waals surface area contributed by atoms with Crippen molar-refractivity contribution in [3.05, 3.63) is 33.9 Å². The number of Topliss-reactive ketones (excluding diaryl/α,β-unsaturated/α-hetero) is 1. The molecule has 1 atom stereocenters. The van der Waals surface area contributed by atoms with E-state index in [-0.39, 0.29) is 29.6 Å². The van der Waals surface area contributed by atoms with Gasteiger partial charge in [-0.2, -0.15) is 0 Å². The van der Waals surface area contributed by atoms with E-state index in [2.05, 4.69) is 0 Å². The summed E-state index contributed by atoms with van der Waals surface area (Å²) in [5.74, 6) is 0.399. The fourth-order valence-electron chi connectivity index (χ4n) is 3.30. The SMILES string of the molecule is COc1c(C)c2c(c(O)c1C/C=C(\C)CCC[C@H](C)C(C)=O)C(=O)OC2. The zero-order chi connectivity index (χ0) is 19.4. The lowest BCUT2D eigenvalue weighted by atomic mass is 9.94. The average molecular weight is 360 g/mol. The van der Waals surface area contributed by atoms with Crippen molar-refractivity contribution in [2.45, 2.75) is 60.0 Å². The molecule has 1 aliphatic heterocycles. The number of aromatic hydroxyl groups is 1. The summed E-state index contributed by atoms with van der Waals surface area (Å²) in [7, 11) is 1.56. The Morgan fingerprint density at radius 2 is 2.08 bits per heavy atom. The van der Waals surface area contributed by atoms with Crippen molar-refractivity contribution < 1.29 is 24.2 Å². The number of ether oxygens (including phenoxy) is 2. The minimum Gasteiger partial charge on any atom is -0.507 e. The van der Waals surface area contributed by atoms with E-state index in [1.807, 2.05) is 26.8 Å². The summed E-state index contributed by atoms with van der Waals surface area (Å²) >= 11 is 0. The van der Waals surface area contributed by atoms with Gasteiger partial charge in [0.05, 0.1) is 7.11 Å². The number of carbonyl (C=O) groups excluding carboxylic acids is 2. The second kappa shape index (κ2) is 8.39.